The molecule has 1 aliphatic heterocycles. The lowest BCUT2D eigenvalue weighted by Gasteiger charge is -2.37. The Hall–Kier alpha value is -1.30. The van der Waals surface area contributed by atoms with Gasteiger partial charge in [-0.15, -0.1) is 0 Å². The van der Waals surface area contributed by atoms with Crippen LogP contribution in [0.15, 0.2) is 18.3 Å². The van der Waals surface area contributed by atoms with E-state index in [1.165, 1.54) is 0 Å². The number of hydrogen-bond acceptors (Lipinski definition) is 3. The van der Waals surface area contributed by atoms with Crippen molar-refractivity contribution in [1.82, 2.24) is 4.98 Å². The van der Waals surface area contributed by atoms with Crippen molar-refractivity contribution in [1.29, 1.82) is 0 Å². The quantitative estimate of drug-likeness (QED) is 0.842. The van der Waals surface area contributed by atoms with Crippen molar-refractivity contribution in [2.45, 2.75) is 31.5 Å². The summed E-state index contributed by atoms with van der Waals surface area (Å²) in [6.07, 6.45) is -1.81. The van der Waals surface area contributed by atoms with Crippen LogP contribution in [-0.2, 0) is 6.18 Å². The van der Waals surface area contributed by atoms with Crippen LogP contribution in [0.5, 0.6) is 0 Å². The number of β-amino-alcohol motifs (C(OH)–C–C–N with tert-alkyl or cyclic N) is 1. The Bertz CT molecular complexity index is 432. The summed E-state index contributed by atoms with van der Waals surface area (Å²) in [6, 6.07) is 1.98. The van der Waals surface area contributed by atoms with E-state index in [1.807, 2.05) is 0 Å². The average Bonchev–Trinajstić information content (AvgIpc) is 2.27. The number of halogens is 3. The molecule has 0 bridgehead atoms. The third kappa shape index (κ3) is 2.93. The lowest BCUT2D eigenvalue weighted by molar-refractivity contribution is -0.137. The van der Waals surface area contributed by atoms with E-state index in [0.29, 0.717) is 19.5 Å². The van der Waals surface area contributed by atoms with Gasteiger partial charge in [0.15, 0.2) is 0 Å². The molecule has 0 amide bonds. The summed E-state index contributed by atoms with van der Waals surface area (Å²) in [7, 11) is 0. The lowest BCUT2D eigenvalue weighted by Crippen LogP contribution is -2.46. The van der Waals surface area contributed by atoms with E-state index in [2.05, 4.69) is 4.98 Å². The van der Waals surface area contributed by atoms with Crippen molar-refractivity contribution in [3.63, 3.8) is 0 Å². The molecule has 0 saturated carbocycles. The van der Waals surface area contributed by atoms with E-state index >= 15 is 0 Å². The number of alkyl halides is 3. The van der Waals surface area contributed by atoms with Crippen molar-refractivity contribution in [3.8, 4) is 0 Å². The summed E-state index contributed by atoms with van der Waals surface area (Å²) in [4.78, 5) is 5.65. The molecule has 18 heavy (non-hydrogen) atoms. The van der Waals surface area contributed by atoms with Crippen LogP contribution in [0.2, 0.25) is 0 Å². The fourth-order valence-electron chi connectivity index (χ4n) is 2.18. The SMILES string of the molecule is CC1(O)CCCN(c2cc(C(F)(F)F)ccn2)C1. The van der Waals surface area contributed by atoms with Crippen LogP contribution in [0.3, 0.4) is 0 Å². The van der Waals surface area contributed by atoms with Crippen molar-refractivity contribution in [3.05, 3.63) is 23.9 Å². The van der Waals surface area contributed by atoms with Crippen molar-refractivity contribution in [2.24, 2.45) is 0 Å². The smallest absolute Gasteiger partial charge is 0.388 e. The van der Waals surface area contributed by atoms with Gasteiger partial charge in [0.1, 0.15) is 5.82 Å². The summed E-state index contributed by atoms with van der Waals surface area (Å²) in [5.41, 5.74) is -1.58. The first-order valence-corrected chi connectivity index (χ1v) is 5.78. The third-order valence-electron chi connectivity index (χ3n) is 3.07. The minimum atomic E-state index is -4.37. The first-order valence-electron chi connectivity index (χ1n) is 5.78. The molecular formula is C12H15F3N2O. The topological polar surface area (TPSA) is 36.4 Å². The molecule has 3 nitrogen and oxygen atoms in total. The van der Waals surface area contributed by atoms with Crippen LogP contribution in [-0.4, -0.2) is 28.8 Å². The van der Waals surface area contributed by atoms with Crippen molar-refractivity contribution >= 4 is 5.82 Å². The Morgan fingerprint density at radius 1 is 1.44 bits per heavy atom. The summed E-state index contributed by atoms with van der Waals surface area (Å²) in [5, 5.41) is 9.94. The zero-order valence-electron chi connectivity index (χ0n) is 10.0. The van der Waals surface area contributed by atoms with Crippen LogP contribution in [0.25, 0.3) is 0 Å². The second-order valence-corrected chi connectivity index (χ2v) is 4.92. The average molecular weight is 260 g/mol. The normalized spacial score (nSPS) is 25.3. The number of anilines is 1. The maximum atomic E-state index is 12.6. The zero-order valence-corrected chi connectivity index (χ0v) is 10.0. The fourth-order valence-corrected chi connectivity index (χ4v) is 2.18. The Morgan fingerprint density at radius 3 is 2.78 bits per heavy atom. The summed E-state index contributed by atoms with van der Waals surface area (Å²) < 4.78 is 37.8. The molecule has 1 unspecified atom stereocenters. The van der Waals surface area contributed by atoms with Crippen LogP contribution < -0.4 is 4.90 Å². The maximum absolute atomic E-state index is 12.6. The van der Waals surface area contributed by atoms with E-state index in [9.17, 15) is 18.3 Å². The monoisotopic (exact) mass is 260 g/mol. The van der Waals surface area contributed by atoms with Gasteiger partial charge in [0, 0.05) is 19.3 Å². The van der Waals surface area contributed by atoms with Crippen LogP contribution >= 0.6 is 0 Å². The highest BCUT2D eigenvalue weighted by Crippen LogP contribution is 2.32. The number of nitrogens with zero attached hydrogens (tertiary/aromatic N) is 2. The van der Waals surface area contributed by atoms with Gasteiger partial charge in [-0.2, -0.15) is 13.2 Å². The third-order valence-corrected chi connectivity index (χ3v) is 3.07. The number of piperidine rings is 1. The first-order chi connectivity index (χ1) is 8.28. The van der Waals surface area contributed by atoms with Gasteiger partial charge in [-0.25, -0.2) is 4.98 Å². The molecular weight excluding hydrogens is 245 g/mol. The van der Waals surface area contributed by atoms with E-state index < -0.39 is 17.3 Å². The van der Waals surface area contributed by atoms with Gasteiger partial charge in [0.2, 0.25) is 0 Å². The van der Waals surface area contributed by atoms with Gasteiger partial charge >= 0.3 is 6.18 Å². The molecule has 1 atom stereocenters. The Balaban J connectivity index is 2.23. The van der Waals surface area contributed by atoms with Crippen molar-refractivity contribution in [2.75, 3.05) is 18.0 Å². The summed E-state index contributed by atoms with van der Waals surface area (Å²) in [5.74, 6) is 0.268. The molecule has 0 radical (unpaired) electrons. The highest BCUT2D eigenvalue weighted by Gasteiger charge is 2.33. The number of aliphatic hydroxyl groups is 1. The molecule has 0 aliphatic carbocycles. The molecule has 1 aliphatic rings. The highest BCUT2D eigenvalue weighted by molar-refractivity contribution is 5.42. The second kappa shape index (κ2) is 4.42. The molecule has 2 heterocycles. The van der Waals surface area contributed by atoms with Crippen LogP contribution in [0.1, 0.15) is 25.3 Å². The lowest BCUT2D eigenvalue weighted by atomic mass is 9.95. The molecule has 2 rings (SSSR count). The highest BCUT2D eigenvalue weighted by atomic mass is 19.4. The molecule has 1 aromatic rings. The van der Waals surface area contributed by atoms with E-state index in [4.69, 9.17) is 0 Å². The molecule has 1 saturated heterocycles. The Labute approximate surface area is 103 Å². The predicted octanol–water partition coefficient (Wildman–Crippen LogP) is 2.45. The minimum Gasteiger partial charge on any atom is -0.388 e. The Morgan fingerprint density at radius 2 is 2.17 bits per heavy atom. The predicted molar refractivity (Wildman–Crippen MR) is 61.3 cm³/mol. The first kappa shape index (κ1) is 13.1. The minimum absolute atomic E-state index is 0.268. The van der Waals surface area contributed by atoms with Gasteiger partial charge in [-0.3, -0.25) is 0 Å². The van der Waals surface area contributed by atoms with Gasteiger partial charge in [-0.05, 0) is 31.9 Å². The maximum Gasteiger partial charge on any atom is 0.416 e. The zero-order chi connectivity index (χ0) is 13.4. The molecule has 1 aromatic heterocycles. The molecule has 100 valence electrons. The van der Waals surface area contributed by atoms with Gasteiger partial charge in [-0.1, -0.05) is 0 Å². The van der Waals surface area contributed by atoms with E-state index in [1.54, 1.807) is 11.8 Å². The van der Waals surface area contributed by atoms with Crippen LogP contribution in [0.4, 0.5) is 19.0 Å². The second-order valence-electron chi connectivity index (χ2n) is 4.92. The van der Waals surface area contributed by atoms with Crippen molar-refractivity contribution < 1.29 is 18.3 Å². The number of aromatic nitrogens is 1. The Kier molecular flexibility index (Phi) is 3.23. The van der Waals surface area contributed by atoms with Gasteiger partial charge in [0.05, 0.1) is 11.2 Å². The summed E-state index contributed by atoms with van der Waals surface area (Å²) in [6.45, 7) is 2.61. The largest absolute Gasteiger partial charge is 0.416 e. The number of hydrogen-bond donors (Lipinski definition) is 1. The fraction of sp³-hybridized carbons (Fsp3) is 0.583. The molecule has 1 N–H and O–H groups in total. The molecule has 0 spiro atoms. The van der Waals surface area contributed by atoms with Gasteiger partial charge < -0.3 is 10.0 Å². The van der Waals surface area contributed by atoms with Gasteiger partial charge in [0.25, 0.3) is 0 Å². The molecule has 0 aromatic carbocycles. The standard InChI is InChI=1S/C12H15F3N2O/c1-11(18)4-2-6-17(8-11)10-7-9(3-5-16-10)12(13,14)15/h3,5,7,18H,2,4,6,8H2,1H3. The summed E-state index contributed by atoms with van der Waals surface area (Å²) >= 11 is 0. The van der Waals surface area contributed by atoms with Crippen LogP contribution in [0, 0.1) is 0 Å². The molecule has 6 heteroatoms. The molecule has 1 fully saturated rings. The number of pyridine rings is 1. The number of rotatable bonds is 1. The van der Waals surface area contributed by atoms with E-state index in [-0.39, 0.29) is 5.82 Å². The van der Waals surface area contributed by atoms with E-state index in [0.717, 1.165) is 24.8 Å².